The number of ether oxygens (including phenoxy) is 1. The first kappa shape index (κ1) is 28.8. The Bertz CT molecular complexity index is 1500. The molecule has 2 unspecified atom stereocenters. The van der Waals surface area contributed by atoms with E-state index in [1.165, 1.54) is 0 Å². The molecule has 1 heterocycles. The maximum Gasteiger partial charge on any atom is 0.246 e. The van der Waals surface area contributed by atoms with Gasteiger partial charge in [0.2, 0.25) is 11.8 Å². The molecule has 1 aliphatic heterocycles. The molecule has 0 saturated carbocycles. The van der Waals surface area contributed by atoms with Crippen molar-refractivity contribution in [1.29, 1.82) is 0 Å². The molecule has 0 aliphatic carbocycles. The number of carbonyl (C=O) groups is 3. The van der Waals surface area contributed by atoms with E-state index in [-0.39, 0.29) is 11.8 Å². The number of hydrogen-bond donors (Lipinski definition) is 2. The van der Waals surface area contributed by atoms with Crippen molar-refractivity contribution in [2.45, 2.75) is 44.3 Å². The van der Waals surface area contributed by atoms with E-state index in [4.69, 9.17) is 10.5 Å². The largest absolute Gasteiger partial charge is 0.457 e. The molecule has 1 fully saturated rings. The second kappa shape index (κ2) is 13.7. The molecule has 2 atom stereocenters. The lowest BCUT2D eigenvalue weighted by molar-refractivity contribution is -0.150. The predicted molar refractivity (Wildman–Crippen MR) is 163 cm³/mol. The van der Waals surface area contributed by atoms with Gasteiger partial charge in [-0.25, -0.2) is 0 Å². The van der Waals surface area contributed by atoms with Gasteiger partial charge in [-0.3, -0.25) is 14.4 Å². The predicted octanol–water partition coefficient (Wildman–Crippen LogP) is 5.53. The molecule has 3 N–H and O–H groups in total. The smallest absolute Gasteiger partial charge is 0.246 e. The second-order valence-electron chi connectivity index (χ2n) is 10.5. The van der Waals surface area contributed by atoms with Gasteiger partial charge >= 0.3 is 0 Å². The van der Waals surface area contributed by atoms with Crippen molar-refractivity contribution in [3.8, 4) is 22.6 Å². The first-order valence-electron chi connectivity index (χ1n) is 14.3. The van der Waals surface area contributed by atoms with E-state index >= 15 is 0 Å². The summed E-state index contributed by atoms with van der Waals surface area (Å²) in [6.45, 7) is 0.909. The Morgan fingerprint density at radius 2 is 1.50 bits per heavy atom. The maximum absolute atomic E-state index is 13.8. The number of piperazine rings is 1. The van der Waals surface area contributed by atoms with Crippen LogP contribution < -0.4 is 15.8 Å². The fourth-order valence-corrected chi connectivity index (χ4v) is 5.27. The highest BCUT2D eigenvalue weighted by Crippen LogP contribution is 2.26. The second-order valence-corrected chi connectivity index (χ2v) is 10.5. The minimum absolute atomic E-state index is 0.0921. The van der Waals surface area contributed by atoms with E-state index in [1.807, 2.05) is 54.6 Å². The van der Waals surface area contributed by atoms with Crippen LogP contribution in [0.5, 0.6) is 11.5 Å². The zero-order chi connectivity index (χ0) is 29.3. The van der Waals surface area contributed by atoms with E-state index in [9.17, 15) is 14.4 Å². The zero-order valence-corrected chi connectivity index (χ0v) is 23.4. The summed E-state index contributed by atoms with van der Waals surface area (Å²) in [6, 6.07) is 31.4. The highest BCUT2D eigenvalue weighted by Gasteiger charge is 2.40. The van der Waals surface area contributed by atoms with Crippen LogP contribution in [0.25, 0.3) is 11.1 Å². The summed E-state index contributed by atoms with van der Waals surface area (Å²) in [5, 5.41) is 2.98. The van der Waals surface area contributed by atoms with Crippen LogP contribution in [0.3, 0.4) is 0 Å². The topological polar surface area (TPSA) is 102 Å². The normalized spacial score (nSPS) is 16.6. The number of aldehydes is 1. The van der Waals surface area contributed by atoms with Crippen molar-refractivity contribution in [3.63, 3.8) is 0 Å². The Morgan fingerprint density at radius 1 is 0.786 bits per heavy atom. The summed E-state index contributed by atoms with van der Waals surface area (Å²) >= 11 is 0. The van der Waals surface area contributed by atoms with Crippen molar-refractivity contribution >= 4 is 18.1 Å². The first-order chi connectivity index (χ1) is 20.5. The molecule has 1 saturated heterocycles. The number of hydrogen-bond acceptors (Lipinski definition) is 5. The van der Waals surface area contributed by atoms with Gasteiger partial charge in [-0.1, -0.05) is 78.9 Å². The molecule has 42 heavy (non-hydrogen) atoms. The summed E-state index contributed by atoms with van der Waals surface area (Å²) in [7, 11) is 0. The van der Waals surface area contributed by atoms with Gasteiger partial charge in [0.25, 0.3) is 0 Å². The lowest BCUT2D eigenvalue weighted by Gasteiger charge is -2.39. The van der Waals surface area contributed by atoms with Gasteiger partial charge in [-0.05, 0) is 72.3 Å². The Kier molecular flexibility index (Phi) is 9.41. The maximum atomic E-state index is 13.8. The third-order valence-corrected chi connectivity index (χ3v) is 7.52. The van der Waals surface area contributed by atoms with E-state index in [1.54, 1.807) is 29.2 Å². The van der Waals surface area contributed by atoms with E-state index < -0.39 is 12.1 Å². The summed E-state index contributed by atoms with van der Waals surface area (Å²) in [5.74, 6) is 0.953. The average molecular weight is 562 g/mol. The third kappa shape index (κ3) is 7.11. The van der Waals surface area contributed by atoms with Crippen molar-refractivity contribution in [2.24, 2.45) is 5.73 Å². The highest BCUT2D eigenvalue weighted by molar-refractivity contribution is 5.97. The zero-order valence-electron chi connectivity index (χ0n) is 23.4. The first-order valence-corrected chi connectivity index (χ1v) is 14.3. The number of nitrogens with zero attached hydrogens (tertiary/aromatic N) is 1. The molecule has 0 aromatic heterocycles. The summed E-state index contributed by atoms with van der Waals surface area (Å²) < 4.78 is 5.87. The van der Waals surface area contributed by atoms with Crippen molar-refractivity contribution in [2.75, 3.05) is 6.54 Å². The van der Waals surface area contributed by atoms with Crippen LogP contribution in [-0.2, 0) is 22.6 Å². The van der Waals surface area contributed by atoms with Crippen LogP contribution in [0.4, 0.5) is 0 Å². The van der Waals surface area contributed by atoms with Crippen molar-refractivity contribution < 1.29 is 19.1 Å². The summed E-state index contributed by atoms with van der Waals surface area (Å²) in [6.07, 6.45) is 3.28. The highest BCUT2D eigenvalue weighted by atomic mass is 16.5. The fourth-order valence-electron chi connectivity index (χ4n) is 5.27. The van der Waals surface area contributed by atoms with Crippen LogP contribution >= 0.6 is 0 Å². The van der Waals surface area contributed by atoms with Gasteiger partial charge in [-0.15, -0.1) is 0 Å². The number of amides is 2. The number of nitrogens with one attached hydrogen (secondary N) is 1. The molecular formula is C35H35N3O4. The van der Waals surface area contributed by atoms with Crippen molar-refractivity contribution in [1.82, 2.24) is 10.2 Å². The van der Waals surface area contributed by atoms with Crippen molar-refractivity contribution in [3.05, 3.63) is 120 Å². The lowest BCUT2D eigenvalue weighted by atomic mass is 9.96. The average Bonchev–Trinajstić information content (AvgIpc) is 3.03. The lowest BCUT2D eigenvalue weighted by Crippen LogP contribution is -2.63. The molecule has 7 nitrogen and oxygen atoms in total. The Labute approximate surface area is 246 Å². The molecule has 1 aliphatic rings. The van der Waals surface area contributed by atoms with Gasteiger partial charge in [-0.2, -0.15) is 0 Å². The molecule has 214 valence electrons. The summed E-state index contributed by atoms with van der Waals surface area (Å²) in [4.78, 5) is 39.9. The molecular weight excluding hydrogens is 526 g/mol. The Morgan fingerprint density at radius 3 is 2.21 bits per heavy atom. The molecule has 5 rings (SSSR count). The SMILES string of the molecule is NCCCCC1C(=O)NC(Cc2ccc(Oc3cccc(C=O)c3)cc2)C(=O)N1Cc1ccc(-c2ccccc2)cc1. The Balaban J connectivity index is 1.29. The molecule has 4 aromatic rings. The van der Waals surface area contributed by atoms with Gasteiger partial charge in [0.05, 0.1) is 0 Å². The molecule has 7 heteroatoms. The van der Waals surface area contributed by atoms with Crippen LogP contribution in [0.2, 0.25) is 0 Å². The number of nitrogens with two attached hydrogens (primary N) is 1. The van der Waals surface area contributed by atoms with Crippen LogP contribution in [-0.4, -0.2) is 41.6 Å². The van der Waals surface area contributed by atoms with E-state index in [2.05, 4.69) is 29.6 Å². The minimum Gasteiger partial charge on any atom is -0.457 e. The molecule has 0 spiro atoms. The number of carbonyl (C=O) groups excluding carboxylic acids is 3. The Hall–Kier alpha value is -4.75. The number of unbranched alkanes of at least 4 members (excludes halogenated alkanes) is 1. The number of rotatable bonds is 12. The minimum atomic E-state index is -0.664. The fraction of sp³-hybridized carbons (Fsp3) is 0.229. The quantitative estimate of drug-likeness (QED) is 0.175. The standard InChI is InChI=1S/C35H35N3O4/c36-20-5-4-11-33-34(40)37-32(22-25-14-18-30(19-15-25)42-31-10-6-7-27(21-31)24-39)35(41)38(33)23-26-12-16-29(17-13-26)28-8-2-1-3-9-28/h1-3,6-10,12-19,21,24,32-33H,4-5,11,20,22-23,36H2,(H,37,40). The van der Waals surface area contributed by atoms with Gasteiger partial charge in [0, 0.05) is 18.5 Å². The van der Waals surface area contributed by atoms with E-state index in [0.29, 0.717) is 43.0 Å². The monoisotopic (exact) mass is 561 g/mol. The van der Waals surface area contributed by atoms with Gasteiger partial charge in [0.1, 0.15) is 29.9 Å². The van der Waals surface area contributed by atoms with Crippen LogP contribution in [0.1, 0.15) is 40.7 Å². The number of benzene rings is 4. The molecule has 0 radical (unpaired) electrons. The van der Waals surface area contributed by atoms with Gasteiger partial charge < -0.3 is 20.7 Å². The molecule has 2 amide bonds. The van der Waals surface area contributed by atoms with Crippen LogP contribution in [0.15, 0.2) is 103 Å². The molecule has 4 aromatic carbocycles. The van der Waals surface area contributed by atoms with Gasteiger partial charge in [0.15, 0.2) is 0 Å². The molecule has 0 bridgehead atoms. The van der Waals surface area contributed by atoms with E-state index in [0.717, 1.165) is 41.4 Å². The summed E-state index contributed by atoms with van der Waals surface area (Å²) in [5.41, 5.74) is 10.3. The van der Waals surface area contributed by atoms with Crippen LogP contribution in [0, 0.1) is 0 Å². The third-order valence-electron chi connectivity index (χ3n) is 7.52.